The van der Waals surface area contributed by atoms with Gasteiger partial charge >= 0.3 is 12.1 Å². The molecule has 0 heterocycles. The molecule has 1 unspecified atom stereocenters. The van der Waals surface area contributed by atoms with Gasteiger partial charge in [-0.2, -0.15) is 18.1 Å². The highest BCUT2D eigenvalue weighted by Crippen LogP contribution is 2.41. The van der Waals surface area contributed by atoms with E-state index in [4.69, 9.17) is 5.11 Å². The van der Waals surface area contributed by atoms with Crippen molar-refractivity contribution in [2.75, 3.05) is 0 Å². The van der Waals surface area contributed by atoms with Gasteiger partial charge in [-0.15, -0.1) is 0 Å². The maximum Gasteiger partial charge on any atom is 0.416 e. The molecule has 3 N–H and O–H groups in total. The normalized spacial score (nSPS) is 23.7. The van der Waals surface area contributed by atoms with Crippen LogP contribution in [0.3, 0.4) is 0 Å². The van der Waals surface area contributed by atoms with Crippen molar-refractivity contribution in [2.24, 2.45) is 17.0 Å². The predicted molar refractivity (Wildman–Crippen MR) is 117 cm³/mol. The number of nitroso groups, excluding NO2 is 1. The Hall–Kier alpha value is -2.07. The Morgan fingerprint density at radius 3 is 2.41 bits per heavy atom. The number of nitrogens with zero attached hydrogens (tertiary/aromatic N) is 1. The number of carboxylic acid groups (broad SMARTS) is 1. The molecule has 0 saturated heterocycles. The second-order valence-corrected chi connectivity index (χ2v) is 9.27. The van der Waals surface area contributed by atoms with E-state index in [9.17, 15) is 37.5 Å². The van der Waals surface area contributed by atoms with Crippen LogP contribution in [0, 0.1) is 22.6 Å². The molecule has 1 aliphatic carbocycles. The third-order valence-corrected chi connectivity index (χ3v) is 6.72. The van der Waals surface area contributed by atoms with Crippen LogP contribution >= 0.6 is 0 Å². The van der Waals surface area contributed by atoms with E-state index in [0.717, 1.165) is 31.4 Å². The Labute approximate surface area is 196 Å². The van der Waals surface area contributed by atoms with E-state index in [2.05, 4.69) is 5.18 Å². The lowest BCUT2D eigenvalue weighted by molar-refractivity contribution is -0.138. The molecule has 1 saturated carbocycles. The minimum absolute atomic E-state index is 0.0738. The molecule has 10 heteroatoms. The Kier molecular flexibility index (Phi) is 10.9. The highest BCUT2D eigenvalue weighted by atomic mass is 19.4. The zero-order valence-electron chi connectivity index (χ0n) is 19.0. The molecule has 0 amide bonds. The van der Waals surface area contributed by atoms with Crippen LogP contribution in [0.1, 0.15) is 75.3 Å². The fourth-order valence-electron chi connectivity index (χ4n) is 4.93. The lowest BCUT2D eigenvalue weighted by atomic mass is 9.84. The van der Waals surface area contributed by atoms with Crippen LogP contribution in [0.15, 0.2) is 23.4 Å². The van der Waals surface area contributed by atoms with Crippen molar-refractivity contribution in [3.63, 3.8) is 0 Å². The first kappa shape index (κ1) is 28.2. The third-order valence-electron chi connectivity index (χ3n) is 6.72. The number of aliphatic carboxylic acids is 1. The van der Waals surface area contributed by atoms with Crippen molar-refractivity contribution in [1.82, 2.24) is 0 Å². The topological polar surface area (TPSA) is 107 Å². The van der Waals surface area contributed by atoms with Crippen molar-refractivity contribution < 1.29 is 37.7 Å². The van der Waals surface area contributed by atoms with E-state index >= 15 is 0 Å². The van der Waals surface area contributed by atoms with Crippen LogP contribution in [0.2, 0.25) is 0 Å². The first-order valence-corrected chi connectivity index (χ1v) is 11.8. The molecule has 0 radical (unpaired) electrons. The summed E-state index contributed by atoms with van der Waals surface area (Å²) in [6.45, 7) is 0. The zero-order valence-corrected chi connectivity index (χ0v) is 19.0. The van der Waals surface area contributed by atoms with Gasteiger partial charge in [-0.05, 0) is 80.5 Å². The Bertz CT molecular complexity index is 804. The van der Waals surface area contributed by atoms with Crippen molar-refractivity contribution in [3.8, 4) is 0 Å². The van der Waals surface area contributed by atoms with Crippen LogP contribution < -0.4 is 0 Å². The Morgan fingerprint density at radius 2 is 1.76 bits per heavy atom. The summed E-state index contributed by atoms with van der Waals surface area (Å²) in [7, 11) is 0. The van der Waals surface area contributed by atoms with Crippen LogP contribution in [-0.4, -0.2) is 39.5 Å². The number of hydrogen-bond acceptors (Lipinski definition) is 5. The monoisotopic (exact) mass is 491 g/mol. The molecule has 0 aliphatic heterocycles. The summed E-state index contributed by atoms with van der Waals surface area (Å²) in [5, 5.41) is 32.6. The molecule has 1 fully saturated rings. The molecule has 34 heavy (non-hydrogen) atoms. The zero-order chi connectivity index (χ0) is 25.3. The summed E-state index contributed by atoms with van der Waals surface area (Å²) in [5.74, 6) is -2.16. The highest BCUT2D eigenvalue weighted by molar-refractivity contribution is 5.66. The molecule has 192 valence electrons. The van der Waals surface area contributed by atoms with Gasteiger partial charge in [0, 0.05) is 6.42 Å². The predicted octanol–water partition coefficient (Wildman–Crippen LogP) is 5.48. The molecule has 6 nitrogen and oxygen atoms in total. The summed E-state index contributed by atoms with van der Waals surface area (Å²) in [6, 6.07) is 1.78. The summed E-state index contributed by atoms with van der Waals surface area (Å²) in [5.41, 5.74) is -0.918. The van der Waals surface area contributed by atoms with Gasteiger partial charge in [0.05, 0.1) is 23.8 Å². The maximum atomic E-state index is 13.6. The fourth-order valence-corrected chi connectivity index (χ4v) is 4.93. The number of hydrogen-bond donors (Lipinski definition) is 3. The number of aliphatic hydroxyl groups is 2. The SMILES string of the molecule is O=NC1C[C@H](O)[C@H](CCCCCCC(=O)O)[C@H]1CC[C@@H](O)CCc1cc(F)cc(C(F)(F)F)c1. The van der Waals surface area contributed by atoms with Gasteiger partial charge in [0.1, 0.15) is 5.82 Å². The van der Waals surface area contributed by atoms with Crippen molar-refractivity contribution in [3.05, 3.63) is 40.1 Å². The van der Waals surface area contributed by atoms with E-state index in [-0.39, 0.29) is 43.1 Å². The van der Waals surface area contributed by atoms with E-state index in [1.165, 1.54) is 0 Å². The van der Waals surface area contributed by atoms with Crippen molar-refractivity contribution in [2.45, 2.75) is 95.1 Å². The molecule has 5 atom stereocenters. The van der Waals surface area contributed by atoms with Crippen LogP contribution in [0.5, 0.6) is 0 Å². The second kappa shape index (κ2) is 13.1. The van der Waals surface area contributed by atoms with Gasteiger partial charge in [0.2, 0.25) is 0 Å². The number of alkyl halides is 3. The lowest BCUT2D eigenvalue weighted by Gasteiger charge is -2.24. The van der Waals surface area contributed by atoms with Crippen molar-refractivity contribution in [1.29, 1.82) is 0 Å². The van der Waals surface area contributed by atoms with Gasteiger partial charge in [-0.3, -0.25) is 4.79 Å². The largest absolute Gasteiger partial charge is 0.481 e. The molecule has 1 aliphatic rings. The standard InChI is InChI=1S/C24H33F4NO5/c25-17-12-15(11-16(13-17)24(26,27)28)7-8-18(30)9-10-19-20(22(31)14-21(19)29-34)5-3-1-2-4-6-23(32)33/h11-13,18-22,30-31H,1-10,14H2,(H,32,33)/t18-,19+,20+,21?,22-/m0/s1. The van der Waals surface area contributed by atoms with Gasteiger partial charge in [0.15, 0.2) is 0 Å². The average molecular weight is 492 g/mol. The number of carboxylic acids is 1. The van der Waals surface area contributed by atoms with E-state index in [0.29, 0.717) is 31.7 Å². The Morgan fingerprint density at radius 1 is 1.06 bits per heavy atom. The number of carbonyl (C=O) groups is 1. The molecular formula is C24H33F4NO5. The summed E-state index contributed by atoms with van der Waals surface area (Å²) >= 11 is 0. The number of halogens is 4. The molecular weight excluding hydrogens is 458 g/mol. The summed E-state index contributed by atoms with van der Waals surface area (Å²) in [6.07, 6.45) is -1.21. The van der Waals surface area contributed by atoms with Crippen LogP contribution in [0.4, 0.5) is 17.6 Å². The summed E-state index contributed by atoms with van der Waals surface area (Å²) in [4.78, 5) is 21.8. The quantitative estimate of drug-likeness (QED) is 0.182. The lowest BCUT2D eigenvalue weighted by Crippen LogP contribution is -2.23. The number of aryl methyl sites for hydroxylation is 1. The van der Waals surface area contributed by atoms with E-state index in [1.807, 2.05) is 0 Å². The van der Waals surface area contributed by atoms with Gasteiger partial charge < -0.3 is 15.3 Å². The summed E-state index contributed by atoms with van der Waals surface area (Å²) < 4.78 is 52.1. The third kappa shape index (κ3) is 8.94. The minimum atomic E-state index is -4.65. The highest BCUT2D eigenvalue weighted by Gasteiger charge is 2.42. The first-order chi connectivity index (χ1) is 16.0. The fraction of sp³-hybridized carbons (Fsp3) is 0.708. The van der Waals surface area contributed by atoms with Crippen molar-refractivity contribution >= 4 is 5.97 Å². The number of unbranched alkanes of at least 4 members (excludes halogenated alkanes) is 3. The maximum absolute atomic E-state index is 13.6. The minimum Gasteiger partial charge on any atom is -0.481 e. The molecule has 1 aromatic carbocycles. The number of rotatable bonds is 14. The van der Waals surface area contributed by atoms with E-state index in [1.54, 1.807) is 0 Å². The van der Waals surface area contributed by atoms with Crippen LogP contribution in [-0.2, 0) is 17.4 Å². The first-order valence-electron chi connectivity index (χ1n) is 11.8. The number of benzene rings is 1. The van der Waals surface area contributed by atoms with Gasteiger partial charge in [0.25, 0.3) is 0 Å². The molecule has 2 rings (SSSR count). The number of aliphatic hydroxyl groups excluding tert-OH is 2. The van der Waals surface area contributed by atoms with E-state index < -0.39 is 41.8 Å². The molecule has 1 aromatic rings. The van der Waals surface area contributed by atoms with Gasteiger partial charge in [-0.1, -0.05) is 24.4 Å². The molecule has 0 aromatic heterocycles. The molecule has 0 bridgehead atoms. The second-order valence-electron chi connectivity index (χ2n) is 9.27. The van der Waals surface area contributed by atoms with Gasteiger partial charge in [-0.25, -0.2) is 4.39 Å². The van der Waals surface area contributed by atoms with Crippen LogP contribution in [0.25, 0.3) is 0 Å². The molecule has 0 spiro atoms. The average Bonchev–Trinajstić information content (AvgIpc) is 3.06. The smallest absolute Gasteiger partial charge is 0.416 e. The Balaban J connectivity index is 1.84.